The Hall–Kier alpha value is -2.27. The number of halogens is 4. The summed E-state index contributed by atoms with van der Waals surface area (Å²) in [6.45, 7) is 3.37. The van der Waals surface area contributed by atoms with Crippen molar-refractivity contribution in [3.63, 3.8) is 0 Å². The Morgan fingerprint density at radius 2 is 1.87 bits per heavy atom. The minimum atomic E-state index is -1.16. The summed E-state index contributed by atoms with van der Waals surface area (Å²) in [7, 11) is 0. The lowest BCUT2D eigenvalue weighted by Crippen LogP contribution is -2.50. The number of amides is 1. The summed E-state index contributed by atoms with van der Waals surface area (Å²) in [4.78, 5) is 18.9. The van der Waals surface area contributed by atoms with E-state index in [1.807, 2.05) is 24.3 Å². The van der Waals surface area contributed by atoms with E-state index in [4.69, 9.17) is 60.6 Å². The fourth-order valence-electron chi connectivity index (χ4n) is 4.55. The molecule has 0 aliphatic carbocycles. The third-order valence-electron chi connectivity index (χ3n) is 6.45. The number of benzene rings is 2. The minimum absolute atomic E-state index is 0.251. The second-order valence-electron chi connectivity index (χ2n) is 8.94. The number of hydrogen-bond acceptors (Lipinski definition) is 7. The summed E-state index contributed by atoms with van der Waals surface area (Å²) in [6.07, 6.45) is 2.70. The van der Waals surface area contributed by atoms with Gasteiger partial charge in [0.1, 0.15) is 37.7 Å². The molecule has 3 heterocycles. The van der Waals surface area contributed by atoms with Crippen molar-refractivity contribution in [1.29, 1.82) is 0 Å². The van der Waals surface area contributed by atoms with Gasteiger partial charge in [-0.25, -0.2) is 9.67 Å². The Kier molecular flexibility index (Phi) is 8.52. The third-order valence-corrected chi connectivity index (χ3v) is 7.37. The Morgan fingerprint density at radius 3 is 2.53 bits per heavy atom. The molecular formula is C25H25Cl4N5O4. The van der Waals surface area contributed by atoms with Crippen molar-refractivity contribution in [3.8, 4) is 5.75 Å². The van der Waals surface area contributed by atoms with Gasteiger partial charge in [-0.1, -0.05) is 52.5 Å². The van der Waals surface area contributed by atoms with Crippen molar-refractivity contribution < 1.29 is 19.0 Å². The first-order valence-electron chi connectivity index (χ1n) is 12.0. The van der Waals surface area contributed by atoms with E-state index in [0.717, 1.165) is 5.69 Å². The minimum Gasteiger partial charge on any atom is -0.491 e. The molecule has 0 spiro atoms. The number of anilines is 1. The molecule has 0 radical (unpaired) electrons. The van der Waals surface area contributed by atoms with E-state index in [2.05, 4.69) is 15.0 Å². The largest absolute Gasteiger partial charge is 0.491 e. The first kappa shape index (κ1) is 27.3. The molecule has 0 bridgehead atoms. The summed E-state index contributed by atoms with van der Waals surface area (Å²) < 4.78 is 20.2. The lowest BCUT2D eigenvalue weighted by molar-refractivity contribution is -0.190. The van der Waals surface area contributed by atoms with E-state index >= 15 is 0 Å². The molecule has 13 heteroatoms. The highest BCUT2D eigenvalue weighted by atomic mass is 35.5. The average molecular weight is 601 g/mol. The second kappa shape index (κ2) is 11.9. The molecule has 2 fully saturated rings. The number of carbonyl (C=O) groups is 1. The zero-order chi connectivity index (χ0) is 26.7. The van der Waals surface area contributed by atoms with Crippen LogP contribution in [-0.2, 0) is 26.6 Å². The van der Waals surface area contributed by atoms with Gasteiger partial charge in [0.25, 0.3) is 5.91 Å². The zero-order valence-electron chi connectivity index (χ0n) is 20.2. The van der Waals surface area contributed by atoms with Gasteiger partial charge in [0.05, 0.1) is 11.6 Å². The molecule has 1 aromatic heterocycles. The average Bonchev–Trinajstić information content (AvgIpc) is 3.58. The van der Waals surface area contributed by atoms with Crippen LogP contribution in [0.5, 0.6) is 5.75 Å². The van der Waals surface area contributed by atoms with Crippen LogP contribution in [0.3, 0.4) is 0 Å². The lowest BCUT2D eigenvalue weighted by atomic mass is 10.1. The van der Waals surface area contributed by atoms with Crippen LogP contribution in [0.2, 0.25) is 10.0 Å². The van der Waals surface area contributed by atoms with E-state index in [1.165, 1.54) is 6.33 Å². The van der Waals surface area contributed by atoms with Gasteiger partial charge in [-0.05, 0) is 36.4 Å². The lowest BCUT2D eigenvalue weighted by Gasteiger charge is -2.36. The van der Waals surface area contributed by atoms with Gasteiger partial charge in [0.2, 0.25) is 5.79 Å². The van der Waals surface area contributed by atoms with Crippen LogP contribution < -0.4 is 9.64 Å². The summed E-state index contributed by atoms with van der Waals surface area (Å²) in [6, 6.07) is 13.0. The fourth-order valence-corrected chi connectivity index (χ4v) is 5.38. The number of rotatable bonds is 8. The zero-order valence-corrected chi connectivity index (χ0v) is 23.2. The Labute approximate surface area is 240 Å². The van der Waals surface area contributed by atoms with Gasteiger partial charge in [0.15, 0.2) is 4.84 Å². The van der Waals surface area contributed by atoms with E-state index < -0.39 is 10.6 Å². The van der Waals surface area contributed by atoms with Crippen LogP contribution >= 0.6 is 46.4 Å². The number of aromatic nitrogens is 3. The smallest absolute Gasteiger partial charge is 0.255 e. The SMILES string of the molecule is O=C(C(Cl)Cl)N1CCN(c2ccc(OCC3COC(Cn4cncn4)(c4ccc(Cl)cc4Cl)O3)cc2)CC1. The summed E-state index contributed by atoms with van der Waals surface area (Å²) in [5, 5.41) is 5.15. The highest BCUT2D eigenvalue weighted by Crippen LogP contribution is 2.40. The molecule has 38 heavy (non-hydrogen) atoms. The molecule has 2 aliphatic rings. The predicted molar refractivity (Wildman–Crippen MR) is 145 cm³/mol. The maximum Gasteiger partial charge on any atom is 0.255 e. The van der Waals surface area contributed by atoms with Crippen molar-refractivity contribution in [2.45, 2.75) is 23.3 Å². The van der Waals surface area contributed by atoms with Gasteiger partial charge >= 0.3 is 0 Å². The van der Waals surface area contributed by atoms with Crippen LogP contribution in [0.25, 0.3) is 0 Å². The molecule has 2 unspecified atom stereocenters. The quantitative estimate of drug-likeness (QED) is 0.355. The van der Waals surface area contributed by atoms with Crippen LogP contribution in [0.4, 0.5) is 5.69 Å². The standard InChI is InChI=1S/C25H25Cl4N5O4/c26-17-1-6-21(22(27)11-17)25(14-34-16-30-15-31-34)37-13-20(38-25)12-36-19-4-2-18(3-5-19)32-7-9-33(10-8-32)24(35)23(28)29/h1-6,11,15-16,20,23H,7-10,12-14H2. The Morgan fingerprint density at radius 1 is 1.11 bits per heavy atom. The molecular weight excluding hydrogens is 576 g/mol. The van der Waals surface area contributed by atoms with Crippen molar-refractivity contribution in [1.82, 2.24) is 19.7 Å². The van der Waals surface area contributed by atoms with E-state index in [-0.39, 0.29) is 25.2 Å². The topological polar surface area (TPSA) is 82.0 Å². The number of ether oxygens (including phenoxy) is 3. The highest BCUT2D eigenvalue weighted by molar-refractivity contribution is 6.53. The molecule has 9 nitrogen and oxygen atoms in total. The molecule has 202 valence electrons. The number of carbonyl (C=O) groups excluding carboxylic acids is 1. The normalized spacial score (nSPS) is 21.8. The van der Waals surface area contributed by atoms with E-state index in [1.54, 1.807) is 34.1 Å². The molecule has 5 rings (SSSR count). The molecule has 3 aromatic rings. The van der Waals surface area contributed by atoms with Crippen molar-refractivity contribution in [3.05, 3.63) is 70.7 Å². The summed E-state index contributed by atoms with van der Waals surface area (Å²) in [5.74, 6) is -0.709. The maximum absolute atomic E-state index is 12.0. The van der Waals surface area contributed by atoms with Crippen molar-refractivity contribution in [2.24, 2.45) is 0 Å². The van der Waals surface area contributed by atoms with Gasteiger partial charge in [-0.3, -0.25) is 4.79 Å². The Bertz CT molecular complexity index is 1240. The van der Waals surface area contributed by atoms with Gasteiger partial charge in [-0.15, -0.1) is 0 Å². The van der Waals surface area contributed by atoms with E-state index in [0.29, 0.717) is 54.1 Å². The van der Waals surface area contributed by atoms with Crippen LogP contribution in [-0.4, -0.2) is 75.9 Å². The van der Waals surface area contributed by atoms with Crippen molar-refractivity contribution >= 4 is 58.0 Å². The molecule has 2 saturated heterocycles. The first-order valence-corrected chi connectivity index (χ1v) is 13.6. The molecule has 0 saturated carbocycles. The Balaban J connectivity index is 1.19. The number of hydrogen-bond donors (Lipinski definition) is 0. The van der Waals surface area contributed by atoms with E-state index in [9.17, 15) is 4.79 Å². The van der Waals surface area contributed by atoms with Gasteiger partial charge in [-0.2, -0.15) is 5.10 Å². The highest BCUT2D eigenvalue weighted by Gasteiger charge is 2.45. The number of piperazine rings is 1. The molecule has 2 aliphatic heterocycles. The molecule has 2 aromatic carbocycles. The molecule has 2 atom stereocenters. The summed E-state index contributed by atoms with van der Waals surface area (Å²) >= 11 is 24.1. The first-order chi connectivity index (χ1) is 18.3. The monoisotopic (exact) mass is 599 g/mol. The third kappa shape index (κ3) is 6.14. The van der Waals surface area contributed by atoms with Gasteiger partial charge in [0, 0.05) is 42.5 Å². The molecule has 1 amide bonds. The second-order valence-corrected chi connectivity index (χ2v) is 10.9. The fraction of sp³-hybridized carbons (Fsp3) is 0.400. The van der Waals surface area contributed by atoms with Gasteiger partial charge < -0.3 is 24.0 Å². The summed E-state index contributed by atoms with van der Waals surface area (Å²) in [5.41, 5.74) is 1.70. The van der Waals surface area contributed by atoms with Crippen molar-refractivity contribution in [2.75, 3.05) is 44.3 Å². The predicted octanol–water partition coefficient (Wildman–Crippen LogP) is 4.38. The van der Waals surface area contributed by atoms with Crippen LogP contribution in [0, 0.1) is 0 Å². The number of alkyl halides is 2. The maximum atomic E-state index is 12.0. The number of nitrogens with zero attached hydrogens (tertiary/aromatic N) is 5. The molecule has 0 N–H and O–H groups in total. The van der Waals surface area contributed by atoms with Crippen LogP contribution in [0.15, 0.2) is 55.1 Å². The van der Waals surface area contributed by atoms with Crippen LogP contribution in [0.1, 0.15) is 5.56 Å².